The summed E-state index contributed by atoms with van der Waals surface area (Å²) < 4.78 is 5.48. The summed E-state index contributed by atoms with van der Waals surface area (Å²) in [4.78, 5) is 0. The van der Waals surface area contributed by atoms with Gasteiger partial charge in [0.25, 0.3) is 0 Å². The van der Waals surface area contributed by atoms with Crippen LogP contribution in [0.1, 0.15) is 52.9 Å². The Morgan fingerprint density at radius 2 is 2.06 bits per heavy atom. The second-order valence-corrected chi connectivity index (χ2v) is 6.37. The fraction of sp³-hybridized carbons (Fsp3) is 1.00. The summed E-state index contributed by atoms with van der Waals surface area (Å²) in [6.45, 7) is 9.10. The molecule has 0 radical (unpaired) electrons. The molecule has 2 fully saturated rings. The van der Waals surface area contributed by atoms with Crippen LogP contribution in [-0.4, -0.2) is 25.3 Å². The zero-order valence-electron chi connectivity index (χ0n) is 11.1. The number of ether oxygens (including phenoxy) is 1. The molecular weight excluding hydrogens is 198 g/mol. The van der Waals surface area contributed by atoms with E-state index < -0.39 is 0 Å². The largest absolute Gasteiger partial charge is 0.381 e. The average Bonchev–Trinajstić information content (AvgIpc) is 2.74. The first kappa shape index (κ1) is 12.4. The second kappa shape index (κ2) is 5.05. The molecule has 2 nitrogen and oxygen atoms in total. The van der Waals surface area contributed by atoms with Crippen molar-refractivity contribution in [3.05, 3.63) is 0 Å². The van der Waals surface area contributed by atoms with Crippen LogP contribution >= 0.6 is 0 Å². The van der Waals surface area contributed by atoms with Gasteiger partial charge in [0, 0.05) is 18.7 Å². The second-order valence-electron chi connectivity index (χ2n) is 6.37. The van der Waals surface area contributed by atoms with Gasteiger partial charge in [-0.1, -0.05) is 26.7 Å². The Bertz CT molecular complexity index is 221. The molecule has 2 heteroatoms. The molecule has 1 heterocycles. The van der Waals surface area contributed by atoms with Crippen LogP contribution in [0.25, 0.3) is 0 Å². The molecule has 1 aliphatic carbocycles. The first-order valence-electron chi connectivity index (χ1n) is 6.93. The van der Waals surface area contributed by atoms with E-state index in [0.29, 0.717) is 17.5 Å². The zero-order chi connectivity index (χ0) is 11.6. The Kier molecular flexibility index (Phi) is 3.91. The molecular formula is C14H27NO. The van der Waals surface area contributed by atoms with Crippen LogP contribution in [0.3, 0.4) is 0 Å². The first-order valence-corrected chi connectivity index (χ1v) is 6.93. The molecule has 0 spiro atoms. The molecule has 1 saturated carbocycles. The minimum absolute atomic E-state index is 0.478. The van der Waals surface area contributed by atoms with Gasteiger partial charge in [-0.3, -0.25) is 0 Å². The Labute approximate surface area is 100 Å². The van der Waals surface area contributed by atoms with Gasteiger partial charge in [0.1, 0.15) is 0 Å². The smallest absolute Gasteiger partial charge is 0.0509 e. The van der Waals surface area contributed by atoms with Crippen molar-refractivity contribution in [1.29, 1.82) is 0 Å². The van der Waals surface area contributed by atoms with Gasteiger partial charge in [-0.2, -0.15) is 0 Å². The van der Waals surface area contributed by atoms with E-state index in [1.807, 2.05) is 0 Å². The van der Waals surface area contributed by atoms with Crippen molar-refractivity contribution >= 4 is 0 Å². The van der Waals surface area contributed by atoms with E-state index in [0.717, 1.165) is 19.1 Å². The third-order valence-corrected chi connectivity index (χ3v) is 4.64. The summed E-state index contributed by atoms with van der Waals surface area (Å²) in [6.07, 6.45) is 6.77. The van der Waals surface area contributed by atoms with E-state index in [4.69, 9.17) is 4.74 Å². The van der Waals surface area contributed by atoms with E-state index in [9.17, 15) is 0 Å². The summed E-state index contributed by atoms with van der Waals surface area (Å²) in [5.74, 6) is 0.734. The fourth-order valence-corrected chi connectivity index (χ4v) is 3.20. The maximum atomic E-state index is 5.48. The van der Waals surface area contributed by atoms with Gasteiger partial charge in [-0.15, -0.1) is 0 Å². The lowest BCUT2D eigenvalue weighted by atomic mass is 9.73. The number of hydrogen-bond acceptors (Lipinski definition) is 2. The summed E-state index contributed by atoms with van der Waals surface area (Å²) >= 11 is 0. The highest BCUT2D eigenvalue weighted by atomic mass is 16.5. The molecule has 0 aromatic carbocycles. The van der Waals surface area contributed by atoms with Crippen LogP contribution in [0, 0.1) is 11.3 Å². The van der Waals surface area contributed by atoms with Crippen molar-refractivity contribution in [2.75, 3.05) is 13.2 Å². The molecule has 1 saturated heterocycles. The molecule has 0 bridgehead atoms. The molecule has 1 aliphatic heterocycles. The van der Waals surface area contributed by atoms with Crippen molar-refractivity contribution in [2.45, 2.75) is 65.0 Å². The predicted molar refractivity (Wildman–Crippen MR) is 67.6 cm³/mol. The molecule has 2 aliphatic rings. The van der Waals surface area contributed by atoms with Gasteiger partial charge in [0.2, 0.25) is 0 Å². The van der Waals surface area contributed by atoms with Crippen molar-refractivity contribution in [3.63, 3.8) is 0 Å². The highest BCUT2D eigenvalue weighted by Gasteiger charge is 2.34. The molecule has 0 amide bonds. The van der Waals surface area contributed by atoms with Crippen LogP contribution in [0.5, 0.6) is 0 Å². The van der Waals surface area contributed by atoms with E-state index in [1.165, 1.54) is 32.1 Å². The van der Waals surface area contributed by atoms with Crippen LogP contribution in [-0.2, 0) is 4.74 Å². The van der Waals surface area contributed by atoms with E-state index in [1.54, 1.807) is 0 Å². The monoisotopic (exact) mass is 225 g/mol. The number of rotatable bonds is 3. The minimum Gasteiger partial charge on any atom is -0.381 e. The summed E-state index contributed by atoms with van der Waals surface area (Å²) in [7, 11) is 0. The maximum absolute atomic E-state index is 5.48. The van der Waals surface area contributed by atoms with Gasteiger partial charge >= 0.3 is 0 Å². The Morgan fingerprint density at radius 1 is 1.25 bits per heavy atom. The highest BCUT2D eigenvalue weighted by Crippen LogP contribution is 2.36. The van der Waals surface area contributed by atoms with Gasteiger partial charge in [-0.25, -0.2) is 0 Å². The van der Waals surface area contributed by atoms with Crippen molar-refractivity contribution in [1.82, 2.24) is 5.32 Å². The molecule has 3 atom stereocenters. The Hall–Kier alpha value is -0.0800. The summed E-state index contributed by atoms with van der Waals surface area (Å²) in [5.41, 5.74) is 0.478. The zero-order valence-corrected chi connectivity index (χ0v) is 11.1. The van der Waals surface area contributed by atoms with Gasteiger partial charge in [-0.05, 0) is 37.5 Å². The highest BCUT2D eigenvalue weighted by molar-refractivity contribution is 4.90. The van der Waals surface area contributed by atoms with Gasteiger partial charge in [0.05, 0.1) is 6.61 Å². The molecule has 1 N–H and O–H groups in total. The standard InChI is InChI=1S/C14H27NO/c1-11(12-7-9-16-10-12)15-13-6-4-5-8-14(13,2)3/h11-13,15H,4-10H2,1-3H3. The van der Waals surface area contributed by atoms with Crippen LogP contribution < -0.4 is 5.32 Å². The molecule has 94 valence electrons. The van der Waals surface area contributed by atoms with E-state index >= 15 is 0 Å². The molecule has 0 aromatic rings. The topological polar surface area (TPSA) is 21.3 Å². The van der Waals surface area contributed by atoms with Crippen LogP contribution in [0.15, 0.2) is 0 Å². The summed E-state index contributed by atoms with van der Waals surface area (Å²) in [6, 6.07) is 1.32. The molecule has 16 heavy (non-hydrogen) atoms. The SMILES string of the molecule is CC(NC1CCCCC1(C)C)C1CCOC1. The van der Waals surface area contributed by atoms with Gasteiger partial charge < -0.3 is 10.1 Å². The van der Waals surface area contributed by atoms with Gasteiger partial charge in [0.15, 0.2) is 0 Å². The van der Waals surface area contributed by atoms with Crippen molar-refractivity contribution < 1.29 is 4.74 Å². The Morgan fingerprint density at radius 3 is 2.69 bits per heavy atom. The average molecular weight is 225 g/mol. The molecule has 0 aromatic heterocycles. The molecule has 2 rings (SSSR count). The predicted octanol–water partition coefficient (Wildman–Crippen LogP) is 2.97. The first-order chi connectivity index (χ1) is 7.59. The lowest BCUT2D eigenvalue weighted by Crippen LogP contribution is -2.50. The van der Waals surface area contributed by atoms with Crippen molar-refractivity contribution in [3.8, 4) is 0 Å². The molecule has 3 unspecified atom stereocenters. The van der Waals surface area contributed by atoms with E-state index in [-0.39, 0.29) is 0 Å². The van der Waals surface area contributed by atoms with Crippen molar-refractivity contribution in [2.24, 2.45) is 11.3 Å². The van der Waals surface area contributed by atoms with E-state index in [2.05, 4.69) is 26.1 Å². The van der Waals surface area contributed by atoms with Crippen LogP contribution in [0.4, 0.5) is 0 Å². The lowest BCUT2D eigenvalue weighted by Gasteiger charge is -2.41. The lowest BCUT2D eigenvalue weighted by molar-refractivity contribution is 0.136. The fourth-order valence-electron chi connectivity index (χ4n) is 3.20. The van der Waals surface area contributed by atoms with Crippen LogP contribution in [0.2, 0.25) is 0 Å². The summed E-state index contributed by atoms with van der Waals surface area (Å²) in [5, 5.41) is 3.87. The quantitative estimate of drug-likeness (QED) is 0.797. The normalized spacial score (nSPS) is 36.2. The third-order valence-electron chi connectivity index (χ3n) is 4.64. The number of nitrogens with one attached hydrogen (secondary N) is 1. The minimum atomic E-state index is 0.478. The Balaban J connectivity index is 1.87. The number of hydrogen-bond donors (Lipinski definition) is 1. The third kappa shape index (κ3) is 2.78. The maximum Gasteiger partial charge on any atom is 0.0509 e.